The van der Waals surface area contributed by atoms with Gasteiger partial charge in [-0.05, 0) is 65.9 Å². The molecule has 0 bridgehead atoms. The number of imide groups is 1. The molecule has 0 radical (unpaired) electrons. The fraction of sp³-hybridized carbons (Fsp3) is 0.192. The smallest absolute Gasteiger partial charge is 0.293 e. The number of hydrogen-bond donors (Lipinski definition) is 1. The second-order valence-corrected chi connectivity index (χ2v) is 9.55. The van der Waals surface area contributed by atoms with Crippen LogP contribution >= 0.6 is 23.1 Å². The topological polar surface area (TPSA) is 71.0 Å². The largest absolute Gasteiger partial charge is 0.489 e. The van der Waals surface area contributed by atoms with E-state index in [0.29, 0.717) is 31.0 Å². The summed E-state index contributed by atoms with van der Waals surface area (Å²) in [6, 6.07) is 21.5. The summed E-state index contributed by atoms with van der Waals surface area (Å²) in [4.78, 5) is 27.9. The van der Waals surface area contributed by atoms with Gasteiger partial charge in [-0.25, -0.2) is 0 Å². The fourth-order valence-electron chi connectivity index (χ4n) is 3.28. The number of carbonyl (C=O) groups is 2. The van der Waals surface area contributed by atoms with Crippen LogP contribution in [0.5, 0.6) is 5.75 Å². The van der Waals surface area contributed by atoms with Crippen molar-refractivity contribution in [2.24, 2.45) is 5.10 Å². The molecule has 0 unspecified atom stereocenters. The second kappa shape index (κ2) is 11.7. The molecule has 2 amide bonds. The first-order chi connectivity index (χ1) is 16.6. The van der Waals surface area contributed by atoms with Gasteiger partial charge in [0.05, 0.1) is 10.6 Å². The number of thiophene rings is 1. The van der Waals surface area contributed by atoms with E-state index in [1.807, 2.05) is 79.0 Å². The number of carbonyl (C=O) groups excluding carboxylic acids is 2. The van der Waals surface area contributed by atoms with Crippen LogP contribution in [0.25, 0.3) is 6.08 Å². The lowest BCUT2D eigenvalue weighted by molar-refractivity contribution is -0.122. The van der Waals surface area contributed by atoms with Gasteiger partial charge < -0.3 is 10.2 Å². The van der Waals surface area contributed by atoms with E-state index in [-0.39, 0.29) is 11.1 Å². The van der Waals surface area contributed by atoms with E-state index < -0.39 is 0 Å². The van der Waals surface area contributed by atoms with Crippen molar-refractivity contribution < 1.29 is 14.3 Å². The van der Waals surface area contributed by atoms with Gasteiger partial charge in [0.15, 0.2) is 0 Å². The number of hydrazone groups is 1. The number of ether oxygens (including phenoxy) is 1. The molecule has 2 heterocycles. The summed E-state index contributed by atoms with van der Waals surface area (Å²) in [6.45, 7) is 3.37. The molecular formula is C26H25N3O3S2. The first-order valence-electron chi connectivity index (χ1n) is 10.9. The Bertz CT molecular complexity index is 1170. The van der Waals surface area contributed by atoms with E-state index in [0.717, 1.165) is 39.2 Å². The van der Waals surface area contributed by atoms with Crippen LogP contribution < -0.4 is 10.2 Å². The number of nitrogens with one attached hydrogen (secondary N) is 1. The SMILES string of the molecule is C/C(=N\NCCCN1C(=O)S/C(=C\c2ccc(OCc3ccccc3)cc2)C1=O)c1cccs1. The van der Waals surface area contributed by atoms with Gasteiger partial charge in [0.2, 0.25) is 0 Å². The number of amides is 2. The number of rotatable bonds is 10. The van der Waals surface area contributed by atoms with Crippen molar-refractivity contribution >= 4 is 46.0 Å². The summed E-state index contributed by atoms with van der Waals surface area (Å²) in [6.07, 6.45) is 2.37. The van der Waals surface area contributed by atoms with Gasteiger partial charge >= 0.3 is 0 Å². The highest BCUT2D eigenvalue weighted by Gasteiger charge is 2.34. The van der Waals surface area contributed by atoms with Gasteiger partial charge in [0.1, 0.15) is 12.4 Å². The monoisotopic (exact) mass is 491 g/mol. The van der Waals surface area contributed by atoms with Crippen LogP contribution in [0.3, 0.4) is 0 Å². The van der Waals surface area contributed by atoms with Crippen LogP contribution in [0, 0.1) is 0 Å². The maximum atomic E-state index is 12.7. The number of thioether (sulfide) groups is 1. The Hall–Kier alpha value is -3.36. The quantitative estimate of drug-likeness (QED) is 0.169. The first kappa shape index (κ1) is 23.8. The normalized spacial score (nSPS) is 15.3. The minimum absolute atomic E-state index is 0.239. The van der Waals surface area contributed by atoms with Gasteiger partial charge in [0.25, 0.3) is 11.1 Å². The molecule has 0 spiro atoms. The average molecular weight is 492 g/mol. The molecule has 4 rings (SSSR count). The fourth-order valence-corrected chi connectivity index (χ4v) is 4.82. The van der Waals surface area contributed by atoms with Crippen LogP contribution in [-0.4, -0.2) is 34.8 Å². The Morgan fingerprint density at radius 1 is 1.06 bits per heavy atom. The summed E-state index contributed by atoms with van der Waals surface area (Å²) in [5.41, 5.74) is 5.88. The van der Waals surface area contributed by atoms with Crippen LogP contribution in [0.1, 0.15) is 29.3 Å². The molecule has 34 heavy (non-hydrogen) atoms. The molecule has 6 nitrogen and oxygen atoms in total. The third kappa shape index (κ3) is 6.36. The zero-order chi connectivity index (χ0) is 23.8. The summed E-state index contributed by atoms with van der Waals surface area (Å²) in [7, 11) is 0. The molecule has 0 aliphatic carbocycles. The zero-order valence-electron chi connectivity index (χ0n) is 18.8. The second-order valence-electron chi connectivity index (χ2n) is 7.61. The predicted octanol–water partition coefficient (Wildman–Crippen LogP) is 5.77. The van der Waals surface area contributed by atoms with Crippen molar-refractivity contribution in [1.82, 2.24) is 10.3 Å². The lowest BCUT2D eigenvalue weighted by Crippen LogP contribution is -2.30. The Labute approximate surface area is 207 Å². The van der Waals surface area contributed by atoms with Crippen molar-refractivity contribution in [1.29, 1.82) is 0 Å². The molecule has 8 heteroatoms. The van der Waals surface area contributed by atoms with Crippen molar-refractivity contribution in [2.45, 2.75) is 20.0 Å². The van der Waals surface area contributed by atoms with Gasteiger partial charge in [0, 0.05) is 18.0 Å². The van der Waals surface area contributed by atoms with Crippen LogP contribution in [0.2, 0.25) is 0 Å². The van der Waals surface area contributed by atoms with Crippen LogP contribution in [0.4, 0.5) is 4.79 Å². The minimum Gasteiger partial charge on any atom is -0.489 e. The van der Waals surface area contributed by atoms with Crippen molar-refractivity contribution in [3.63, 3.8) is 0 Å². The van der Waals surface area contributed by atoms with Crippen molar-refractivity contribution in [2.75, 3.05) is 13.1 Å². The van der Waals surface area contributed by atoms with Crippen molar-refractivity contribution in [3.8, 4) is 5.75 Å². The number of benzene rings is 2. The first-order valence-corrected chi connectivity index (χ1v) is 12.6. The van der Waals surface area contributed by atoms with E-state index in [2.05, 4.69) is 10.5 Å². The third-order valence-electron chi connectivity index (χ3n) is 5.09. The lowest BCUT2D eigenvalue weighted by atomic mass is 10.2. The standard InChI is InChI=1S/C26H25N3O3S2/c1-19(23-9-5-16-33-23)28-27-14-6-15-29-25(30)24(34-26(29)31)17-20-10-12-22(13-11-20)32-18-21-7-3-2-4-8-21/h2-5,7-13,16-17,27H,6,14-15,18H2,1H3/b24-17-,28-19+. The average Bonchev–Trinajstić information content (AvgIpc) is 3.48. The maximum Gasteiger partial charge on any atom is 0.293 e. The highest BCUT2D eigenvalue weighted by molar-refractivity contribution is 8.18. The molecule has 0 saturated carbocycles. The summed E-state index contributed by atoms with van der Waals surface area (Å²) >= 11 is 2.61. The number of nitrogens with zero attached hydrogens (tertiary/aromatic N) is 2. The van der Waals surface area contributed by atoms with E-state index in [9.17, 15) is 9.59 Å². The molecule has 1 aromatic heterocycles. The summed E-state index contributed by atoms with van der Waals surface area (Å²) in [5.74, 6) is 0.497. The molecule has 2 aromatic carbocycles. The Kier molecular flexibility index (Phi) is 8.17. The maximum absolute atomic E-state index is 12.7. The van der Waals surface area contributed by atoms with Crippen molar-refractivity contribution in [3.05, 3.63) is 93.0 Å². The lowest BCUT2D eigenvalue weighted by Gasteiger charge is -2.12. The molecule has 1 fully saturated rings. The highest BCUT2D eigenvalue weighted by atomic mass is 32.2. The summed E-state index contributed by atoms with van der Waals surface area (Å²) in [5, 5.41) is 6.11. The van der Waals surface area contributed by atoms with E-state index >= 15 is 0 Å². The predicted molar refractivity (Wildman–Crippen MR) is 139 cm³/mol. The minimum atomic E-state index is -0.252. The molecular weight excluding hydrogens is 466 g/mol. The molecule has 1 aliphatic heterocycles. The molecule has 0 atom stereocenters. The summed E-state index contributed by atoms with van der Waals surface area (Å²) < 4.78 is 5.80. The van der Waals surface area contributed by atoms with Gasteiger partial charge in [-0.3, -0.25) is 14.5 Å². The zero-order valence-corrected chi connectivity index (χ0v) is 20.4. The Morgan fingerprint density at radius 3 is 2.59 bits per heavy atom. The van der Waals surface area contributed by atoms with Gasteiger partial charge in [-0.2, -0.15) is 5.10 Å². The Morgan fingerprint density at radius 2 is 1.85 bits per heavy atom. The Balaban J connectivity index is 1.26. The third-order valence-corrected chi connectivity index (χ3v) is 6.98. The molecule has 1 saturated heterocycles. The molecule has 1 N–H and O–H groups in total. The van der Waals surface area contributed by atoms with Gasteiger partial charge in [-0.15, -0.1) is 11.3 Å². The van der Waals surface area contributed by atoms with Crippen LogP contribution in [-0.2, 0) is 11.4 Å². The molecule has 3 aromatic rings. The van der Waals surface area contributed by atoms with Gasteiger partial charge in [-0.1, -0.05) is 48.5 Å². The molecule has 1 aliphatic rings. The number of hydrogen-bond acceptors (Lipinski definition) is 7. The van der Waals surface area contributed by atoms with Crippen LogP contribution in [0.15, 0.2) is 82.1 Å². The van der Waals surface area contributed by atoms with E-state index in [1.165, 1.54) is 4.90 Å². The van der Waals surface area contributed by atoms with E-state index in [1.54, 1.807) is 17.4 Å². The highest BCUT2D eigenvalue weighted by Crippen LogP contribution is 2.32. The van der Waals surface area contributed by atoms with E-state index in [4.69, 9.17) is 4.74 Å². The molecule has 174 valence electrons.